The molecule has 0 aromatic heterocycles. The van der Waals surface area contributed by atoms with Gasteiger partial charge in [0.25, 0.3) is 0 Å². The molecule has 1 heterocycles. The third-order valence-corrected chi connectivity index (χ3v) is 2.46. The molecule has 2 nitrogen and oxygen atoms in total. The molecule has 1 aromatic rings. The molecule has 0 saturated carbocycles. The van der Waals surface area contributed by atoms with E-state index in [1.165, 1.54) is 6.07 Å². The largest absolute Gasteiger partial charge is 0.390 e. The molecule has 2 rings (SSSR count). The van der Waals surface area contributed by atoms with Crippen LogP contribution in [0, 0.1) is 5.82 Å². The molecule has 3 heteroatoms. The van der Waals surface area contributed by atoms with Crippen LogP contribution in [0.1, 0.15) is 12.5 Å². The monoisotopic (exact) mass is 182 g/mol. The molecule has 1 N–H and O–H groups in total. The first-order valence-corrected chi connectivity index (χ1v) is 4.24. The highest BCUT2D eigenvalue weighted by molar-refractivity contribution is 5.29. The van der Waals surface area contributed by atoms with Crippen molar-refractivity contribution in [1.29, 1.82) is 0 Å². The Hall–Kier alpha value is -0.930. The van der Waals surface area contributed by atoms with Crippen molar-refractivity contribution in [3.8, 4) is 0 Å². The standard InChI is InChI=1S/C10H11FO2/c1-7(12)10(6-13-10)8-4-2-3-5-9(8)11/h2-5,7,12H,6H2,1H3/t7-,10+/m0/s1. The topological polar surface area (TPSA) is 32.8 Å². The number of aliphatic hydroxyl groups excluding tert-OH is 1. The molecule has 1 saturated heterocycles. The van der Waals surface area contributed by atoms with Crippen molar-refractivity contribution in [2.45, 2.75) is 18.6 Å². The van der Waals surface area contributed by atoms with Crippen molar-refractivity contribution < 1.29 is 14.2 Å². The first-order chi connectivity index (χ1) is 6.17. The Morgan fingerprint density at radius 1 is 1.54 bits per heavy atom. The van der Waals surface area contributed by atoms with Crippen LogP contribution in [0.4, 0.5) is 4.39 Å². The number of hydrogen-bond acceptors (Lipinski definition) is 2. The molecule has 0 bridgehead atoms. The summed E-state index contributed by atoms with van der Waals surface area (Å²) in [5.74, 6) is -0.319. The lowest BCUT2D eigenvalue weighted by Gasteiger charge is -2.15. The fraction of sp³-hybridized carbons (Fsp3) is 0.400. The first-order valence-electron chi connectivity index (χ1n) is 4.24. The van der Waals surface area contributed by atoms with Gasteiger partial charge >= 0.3 is 0 Å². The summed E-state index contributed by atoms with van der Waals surface area (Å²) in [7, 11) is 0. The molecule has 0 radical (unpaired) electrons. The Morgan fingerprint density at radius 2 is 2.15 bits per heavy atom. The van der Waals surface area contributed by atoms with Gasteiger partial charge in [-0.1, -0.05) is 18.2 Å². The van der Waals surface area contributed by atoms with Crippen LogP contribution in [0.15, 0.2) is 24.3 Å². The summed E-state index contributed by atoms with van der Waals surface area (Å²) in [5.41, 5.74) is -0.337. The predicted molar refractivity (Wildman–Crippen MR) is 45.7 cm³/mol. The number of aliphatic hydroxyl groups is 1. The van der Waals surface area contributed by atoms with E-state index in [1.54, 1.807) is 25.1 Å². The maximum atomic E-state index is 13.3. The van der Waals surface area contributed by atoms with Crippen LogP contribution in [-0.4, -0.2) is 17.8 Å². The number of halogens is 1. The van der Waals surface area contributed by atoms with E-state index in [0.29, 0.717) is 12.2 Å². The van der Waals surface area contributed by atoms with Crippen molar-refractivity contribution in [2.75, 3.05) is 6.61 Å². The molecule has 1 fully saturated rings. The molecule has 0 unspecified atom stereocenters. The second-order valence-corrected chi connectivity index (χ2v) is 3.33. The van der Waals surface area contributed by atoms with E-state index < -0.39 is 11.7 Å². The smallest absolute Gasteiger partial charge is 0.145 e. The van der Waals surface area contributed by atoms with Crippen LogP contribution in [-0.2, 0) is 10.3 Å². The van der Waals surface area contributed by atoms with Gasteiger partial charge < -0.3 is 9.84 Å². The fourth-order valence-electron chi connectivity index (χ4n) is 1.50. The van der Waals surface area contributed by atoms with Gasteiger partial charge in [-0.3, -0.25) is 0 Å². The Balaban J connectivity index is 2.41. The number of benzene rings is 1. The van der Waals surface area contributed by atoms with E-state index in [2.05, 4.69) is 0 Å². The van der Waals surface area contributed by atoms with Crippen molar-refractivity contribution in [3.63, 3.8) is 0 Å². The Morgan fingerprint density at radius 3 is 2.62 bits per heavy atom. The summed E-state index contributed by atoms with van der Waals surface area (Å²) in [6, 6.07) is 6.39. The molecule has 13 heavy (non-hydrogen) atoms. The lowest BCUT2D eigenvalue weighted by molar-refractivity contribution is 0.0863. The summed E-state index contributed by atoms with van der Waals surface area (Å²) in [6.07, 6.45) is -0.676. The van der Waals surface area contributed by atoms with E-state index in [0.717, 1.165) is 0 Å². The molecular weight excluding hydrogens is 171 g/mol. The molecule has 2 atom stereocenters. The van der Waals surface area contributed by atoms with Gasteiger partial charge in [-0.15, -0.1) is 0 Å². The van der Waals surface area contributed by atoms with Crippen molar-refractivity contribution >= 4 is 0 Å². The molecule has 0 amide bonds. The highest BCUT2D eigenvalue weighted by atomic mass is 19.1. The number of hydrogen-bond donors (Lipinski definition) is 1. The van der Waals surface area contributed by atoms with E-state index in [4.69, 9.17) is 4.74 Å². The minimum Gasteiger partial charge on any atom is -0.390 e. The van der Waals surface area contributed by atoms with Crippen LogP contribution in [0.2, 0.25) is 0 Å². The third kappa shape index (κ3) is 1.24. The summed E-state index contributed by atoms with van der Waals surface area (Å²) < 4.78 is 18.4. The maximum Gasteiger partial charge on any atom is 0.145 e. The van der Waals surface area contributed by atoms with Gasteiger partial charge in [-0.25, -0.2) is 4.39 Å². The van der Waals surface area contributed by atoms with Gasteiger partial charge in [0.05, 0.1) is 12.7 Å². The molecule has 0 aliphatic carbocycles. The zero-order valence-corrected chi connectivity index (χ0v) is 7.33. The van der Waals surface area contributed by atoms with Gasteiger partial charge in [-0.05, 0) is 13.0 Å². The highest BCUT2D eigenvalue weighted by Gasteiger charge is 2.52. The Kier molecular flexibility index (Phi) is 1.86. The summed E-state index contributed by atoms with van der Waals surface area (Å²) >= 11 is 0. The van der Waals surface area contributed by atoms with Gasteiger partial charge in [0.2, 0.25) is 0 Å². The SMILES string of the molecule is C[C@H](O)[C@@]1(c2ccccc2F)CO1. The third-order valence-electron chi connectivity index (χ3n) is 2.46. The number of rotatable bonds is 2. The van der Waals surface area contributed by atoms with E-state index in [9.17, 15) is 9.50 Å². The zero-order chi connectivity index (χ0) is 9.47. The summed E-state index contributed by atoms with van der Waals surface area (Å²) in [6.45, 7) is 2.00. The Bertz CT molecular complexity index is 318. The minimum absolute atomic E-state index is 0.319. The zero-order valence-electron chi connectivity index (χ0n) is 7.33. The molecule has 1 aromatic carbocycles. The second kappa shape index (κ2) is 2.79. The van der Waals surface area contributed by atoms with Crippen LogP contribution in [0.5, 0.6) is 0 Å². The normalized spacial score (nSPS) is 28.5. The Labute approximate surface area is 76.0 Å². The lowest BCUT2D eigenvalue weighted by atomic mass is 9.94. The van der Waals surface area contributed by atoms with Crippen molar-refractivity contribution in [2.24, 2.45) is 0 Å². The fourth-order valence-corrected chi connectivity index (χ4v) is 1.50. The van der Waals surface area contributed by atoms with Crippen LogP contribution < -0.4 is 0 Å². The van der Waals surface area contributed by atoms with Gasteiger partial charge in [0, 0.05) is 5.56 Å². The number of epoxide rings is 1. The molecule has 70 valence electrons. The van der Waals surface area contributed by atoms with E-state index in [-0.39, 0.29) is 5.82 Å². The van der Waals surface area contributed by atoms with Crippen molar-refractivity contribution in [3.05, 3.63) is 35.6 Å². The average Bonchev–Trinajstić information content (AvgIpc) is 2.85. The van der Waals surface area contributed by atoms with Crippen LogP contribution in [0.25, 0.3) is 0 Å². The summed E-state index contributed by atoms with van der Waals surface area (Å²) in [5, 5.41) is 9.43. The highest BCUT2D eigenvalue weighted by Crippen LogP contribution is 2.42. The average molecular weight is 182 g/mol. The van der Waals surface area contributed by atoms with E-state index >= 15 is 0 Å². The van der Waals surface area contributed by atoms with Gasteiger partial charge in [0.15, 0.2) is 0 Å². The van der Waals surface area contributed by atoms with E-state index in [1.807, 2.05) is 0 Å². The van der Waals surface area contributed by atoms with Crippen LogP contribution >= 0.6 is 0 Å². The minimum atomic E-state index is -0.786. The van der Waals surface area contributed by atoms with Crippen LogP contribution in [0.3, 0.4) is 0 Å². The first kappa shape index (κ1) is 8.66. The molecule has 1 aliphatic heterocycles. The molecule has 1 aliphatic rings. The second-order valence-electron chi connectivity index (χ2n) is 3.33. The quantitative estimate of drug-likeness (QED) is 0.702. The van der Waals surface area contributed by atoms with Gasteiger partial charge in [-0.2, -0.15) is 0 Å². The van der Waals surface area contributed by atoms with Crippen molar-refractivity contribution in [1.82, 2.24) is 0 Å². The molecule has 0 spiro atoms. The van der Waals surface area contributed by atoms with Gasteiger partial charge in [0.1, 0.15) is 11.4 Å². The molecular formula is C10H11FO2. The summed E-state index contributed by atoms with van der Waals surface area (Å²) in [4.78, 5) is 0. The number of ether oxygens (including phenoxy) is 1. The maximum absolute atomic E-state index is 13.3. The predicted octanol–water partition coefficient (Wildman–Crippen LogP) is 1.43. The lowest BCUT2D eigenvalue weighted by Crippen LogP contribution is -2.25.